The molecule has 162 valence electrons. The van der Waals surface area contributed by atoms with Crippen LogP contribution in [0.1, 0.15) is 15.9 Å². The van der Waals surface area contributed by atoms with Crippen molar-refractivity contribution >= 4 is 22.5 Å². The summed E-state index contributed by atoms with van der Waals surface area (Å²) in [5, 5.41) is 11.0. The molecule has 0 bridgehead atoms. The smallest absolute Gasteiger partial charge is 0.420 e. The van der Waals surface area contributed by atoms with E-state index in [1.807, 2.05) is 0 Å². The molecule has 0 amide bonds. The van der Waals surface area contributed by atoms with Gasteiger partial charge < -0.3 is 14.6 Å². The van der Waals surface area contributed by atoms with Crippen LogP contribution < -0.4 is 14.8 Å². The molecule has 6 nitrogen and oxygen atoms in total. The zero-order chi connectivity index (χ0) is 22.6. The van der Waals surface area contributed by atoms with Crippen LogP contribution in [-0.4, -0.2) is 37.1 Å². The number of Topliss-reactive ketones (excluding diaryl/α,β-unsaturated/α-hetero) is 1. The van der Waals surface area contributed by atoms with Crippen molar-refractivity contribution in [2.24, 2.45) is 0 Å². The number of hydrogen-bond acceptors (Lipinski definition) is 5. The van der Waals surface area contributed by atoms with Crippen molar-refractivity contribution in [3.8, 4) is 17.2 Å². The molecule has 0 heterocycles. The van der Waals surface area contributed by atoms with E-state index in [9.17, 15) is 22.8 Å². The third-order valence-corrected chi connectivity index (χ3v) is 4.44. The first-order valence-corrected chi connectivity index (χ1v) is 9.12. The number of hydrogen-bond donors (Lipinski definition) is 2. The minimum absolute atomic E-state index is 0.0173. The summed E-state index contributed by atoms with van der Waals surface area (Å²) in [7, 11) is 1.13. The van der Waals surface area contributed by atoms with Crippen molar-refractivity contribution in [3.05, 3.63) is 65.7 Å². The number of carboxylic acid groups (broad SMARTS) is 1. The van der Waals surface area contributed by atoms with E-state index in [2.05, 4.69) is 5.32 Å². The highest BCUT2D eigenvalue weighted by molar-refractivity contribution is 6.12. The fourth-order valence-electron chi connectivity index (χ4n) is 3.19. The number of para-hydroxylation sites is 1. The molecule has 31 heavy (non-hydrogen) atoms. The molecule has 0 unspecified atom stereocenters. The summed E-state index contributed by atoms with van der Waals surface area (Å²) < 4.78 is 51.9. The number of halogens is 3. The second-order valence-electron chi connectivity index (χ2n) is 6.51. The quantitative estimate of drug-likeness (QED) is 0.509. The Morgan fingerprint density at radius 1 is 0.935 bits per heavy atom. The Bertz CT molecular complexity index is 1110. The summed E-state index contributed by atoms with van der Waals surface area (Å²) in [6, 6.07) is 13.4. The number of carboxylic acids is 1. The number of nitrogens with one attached hydrogen (secondary N) is 1. The summed E-state index contributed by atoms with van der Waals surface area (Å²) in [4.78, 5) is 23.6. The summed E-state index contributed by atoms with van der Waals surface area (Å²) in [6.07, 6.45) is -4.73. The zero-order valence-electron chi connectivity index (χ0n) is 16.3. The van der Waals surface area contributed by atoms with E-state index >= 15 is 0 Å². The Kier molecular flexibility index (Phi) is 6.45. The van der Waals surface area contributed by atoms with E-state index in [-0.39, 0.29) is 27.8 Å². The zero-order valence-corrected chi connectivity index (χ0v) is 16.3. The lowest BCUT2D eigenvalue weighted by atomic mass is 9.95. The van der Waals surface area contributed by atoms with Crippen molar-refractivity contribution in [1.82, 2.24) is 5.32 Å². The lowest BCUT2D eigenvalue weighted by molar-refractivity contribution is -0.137. The molecule has 2 N–H and O–H groups in total. The maximum Gasteiger partial charge on any atom is 0.420 e. The highest BCUT2D eigenvalue weighted by Crippen LogP contribution is 2.43. The van der Waals surface area contributed by atoms with Gasteiger partial charge in [-0.25, -0.2) is 0 Å². The minimum atomic E-state index is -4.73. The predicted octanol–water partition coefficient (Wildman–Crippen LogP) is 4.52. The van der Waals surface area contributed by atoms with Gasteiger partial charge in [-0.1, -0.05) is 18.2 Å². The average molecular weight is 433 g/mol. The first kappa shape index (κ1) is 22.1. The van der Waals surface area contributed by atoms with Gasteiger partial charge in [0.05, 0.1) is 25.8 Å². The van der Waals surface area contributed by atoms with Gasteiger partial charge in [-0.2, -0.15) is 13.2 Å². The van der Waals surface area contributed by atoms with Gasteiger partial charge in [-0.3, -0.25) is 14.9 Å². The van der Waals surface area contributed by atoms with Gasteiger partial charge in [-0.05, 0) is 47.2 Å². The number of carbonyl (C=O) groups is 2. The molecule has 0 fully saturated rings. The van der Waals surface area contributed by atoms with Crippen LogP contribution in [0.25, 0.3) is 10.8 Å². The monoisotopic (exact) mass is 433 g/mol. The molecule has 9 heteroatoms. The van der Waals surface area contributed by atoms with Crippen LogP contribution in [0.2, 0.25) is 0 Å². The van der Waals surface area contributed by atoms with Crippen LogP contribution in [0.5, 0.6) is 17.2 Å². The molecule has 3 aromatic carbocycles. The second-order valence-corrected chi connectivity index (χ2v) is 6.51. The molecule has 3 aromatic rings. The van der Waals surface area contributed by atoms with Gasteiger partial charge in [-0.15, -0.1) is 0 Å². The summed E-state index contributed by atoms with van der Waals surface area (Å²) >= 11 is 0. The highest BCUT2D eigenvalue weighted by atomic mass is 19.4. The predicted molar refractivity (Wildman–Crippen MR) is 107 cm³/mol. The molecule has 0 aromatic heterocycles. The van der Waals surface area contributed by atoms with Gasteiger partial charge in [0.2, 0.25) is 0 Å². The molecule has 0 spiro atoms. The molecule has 0 saturated heterocycles. The Balaban J connectivity index is 2.19. The molecular formula is C22H18F3NO5. The normalized spacial score (nSPS) is 11.4. The van der Waals surface area contributed by atoms with Gasteiger partial charge in [0.15, 0.2) is 5.78 Å². The van der Waals surface area contributed by atoms with E-state index in [4.69, 9.17) is 14.6 Å². The summed E-state index contributed by atoms with van der Waals surface area (Å²) in [5.41, 5.74) is -1.10. The number of rotatable bonds is 8. The lowest BCUT2D eigenvalue weighted by Gasteiger charge is -2.18. The molecule has 0 aliphatic heterocycles. The molecule has 0 aliphatic rings. The third kappa shape index (κ3) is 4.95. The van der Waals surface area contributed by atoms with Crippen LogP contribution in [0.4, 0.5) is 13.2 Å². The first-order valence-electron chi connectivity index (χ1n) is 9.12. The molecule has 0 saturated carbocycles. The number of aliphatic carboxylic acids is 1. The summed E-state index contributed by atoms with van der Waals surface area (Å²) in [6.45, 7) is -0.878. The van der Waals surface area contributed by atoms with Gasteiger partial charge in [0, 0.05) is 0 Å². The molecule has 3 rings (SSSR count). The molecule has 0 atom stereocenters. The average Bonchev–Trinajstić information content (AvgIpc) is 2.72. The van der Waals surface area contributed by atoms with Crippen LogP contribution >= 0.6 is 0 Å². The number of carbonyl (C=O) groups excluding carboxylic acids is 1. The Morgan fingerprint density at radius 3 is 2.19 bits per heavy atom. The van der Waals surface area contributed by atoms with E-state index in [0.29, 0.717) is 5.75 Å². The molecular weight excluding hydrogens is 415 g/mol. The lowest BCUT2D eigenvalue weighted by Crippen LogP contribution is -2.28. The number of ether oxygens (including phenoxy) is 2. The number of alkyl halides is 3. The number of fused-ring (bicyclic) bond motifs is 1. The first-order chi connectivity index (χ1) is 14.7. The van der Waals surface area contributed by atoms with E-state index in [0.717, 1.165) is 13.2 Å². The SMILES string of the molecule is COc1ccc2c(C(=O)CNCC(=O)O)c(Oc3ccccc3)ccc2c1C(F)(F)F. The number of ketones is 1. The molecule has 0 radical (unpaired) electrons. The molecule has 0 aliphatic carbocycles. The van der Waals surface area contributed by atoms with Crippen LogP contribution in [0, 0.1) is 0 Å². The Morgan fingerprint density at radius 2 is 1.58 bits per heavy atom. The number of benzene rings is 3. The van der Waals surface area contributed by atoms with Crippen molar-refractivity contribution in [1.29, 1.82) is 0 Å². The second kappa shape index (κ2) is 9.05. The van der Waals surface area contributed by atoms with E-state index in [1.165, 1.54) is 18.2 Å². The van der Waals surface area contributed by atoms with Crippen molar-refractivity contribution < 1.29 is 37.3 Å². The third-order valence-electron chi connectivity index (χ3n) is 4.44. The van der Waals surface area contributed by atoms with Crippen LogP contribution in [0.15, 0.2) is 54.6 Å². The van der Waals surface area contributed by atoms with Gasteiger partial charge >= 0.3 is 12.1 Å². The summed E-state index contributed by atoms with van der Waals surface area (Å²) in [5.74, 6) is -1.72. The standard InChI is InChI=1S/C22H18F3NO5/c1-30-18-10-7-14-15(21(18)22(23,24)25)8-9-17(31-13-5-3-2-4-6-13)20(14)16(27)11-26-12-19(28)29/h2-10,26H,11-12H2,1H3,(H,28,29). The van der Waals surface area contributed by atoms with Crippen molar-refractivity contribution in [2.75, 3.05) is 20.2 Å². The largest absolute Gasteiger partial charge is 0.496 e. The van der Waals surface area contributed by atoms with Gasteiger partial charge in [0.25, 0.3) is 0 Å². The Labute approximate surface area is 175 Å². The fourth-order valence-corrected chi connectivity index (χ4v) is 3.19. The van der Waals surface area contributed by atoms with Crippen molar-refractivity contribution in [3.63, 3.8) is 0 Å². The topological polar surface area (TPSA) is 84.9 Å². The minimum Gasteiger partial charge on any atom is -0.496 e. The maximum absolute atomic E-state index is 13.8. The van der Waals surface area contributed by atoms with Crippen LogP contribution in [0.3, 0.4) is 0 Å². The Hall–Kier alpha value is -3.59. The van der Waals surface area contributed by atoms with Gasteiger partial charge in [0.1, 0.15) is 22.8 Å². The highest BCUT2D eigenvalue weighted by Gasteiger charge is 2.37. The van der Waals surface area contributed by atoms with Crippen molar-refractivity contribution in [2.45, 2.75) is 6.18 Å². The fraction of sp³-hybridized carbons (Fsp3) is 0.182. The van der Waals surface area contributed by atoms with E-state index in [1.54, 1.807) is 30.3 Å². The maximum atomic E-state index is 13.8. The van der Waals surface area contributed by atoms with E-state index < -0.39 is 36.6 Å². The van der Waals surface area contributed by atoms with Crippen LogP contribution in [-0.2, 0) is 11.0 Å². The number of methoxy groups -OCH3 is 1.